The van der Waals surface area contributed by atoms with E-state index in [1.807, 2.05) is 43.0 Å². The summed E-state index contributed by atoms with van der Waals surface area (Å²) >= 11 is 0. The zero-order valence-electron chi connectivity index (χ0n) is 20.0. The standard InChI is InChI=1S/C27H36N2O3/c1-18-14-28(15-19(2)31-18)22(5)23-6-8-24(9-7-23)25-10-12-26(13-11-25)27(30)29-16-20(3)32-21(4)17-29/h6-13,18-22H,14-17H2,1-5H3. The van der Waals surface area contributed by atoms with E-state index in [1.54, 1.807) is 0 Å². The molecule has 2 aromatic carbocycles. The van der Waals surface area contributed by atoms with E-state index < -0.39 is 0 Å². The van der Waals surface area contributed by atoms with Crippen LogP contribution in [-0.4, -0.2) is 66.3 Å². The van der Waals surface area contributed by atoms with Gasteiger partial charge in [0.25, 0.3) is 5.91 Å². The number of hydrogen-bond donors (Lipinski definition) is 0. The summed E-state index contributed by atoms with van der Waals surface area (Å²) in [7, 11) is 0. The highest BCUT2D eigenvalue weighted by Gasteiger charge is 2.27. The van der Waals surface area contributed by atoms with Crippen LogP contribution in [-0.2, 0) is 9.47 Å². The third-order valence-corrected chi connectivity index (χ3v) is 6.56. The summed E-state index contributed by atoms with van der Waals surface area (Å²) in [5.41, 5.74) is 4.34. The van der Waals surface area contributed by atoms with Crippen molar-refractivity contribution in [3.05, 3.63) is 59.7 Å². The number of carbonyl (C=O) groups excluding carboxylic acids is 1. The van der Waals surface area contributed by atoms with Gasteiger partial charge < -0.3 is 14.4 Å². The minimum absolute atomic E-state index is 0.0757. The molecule has 2 saturated heterocycles. The molecule has 0 spiro atoms. The molecule has 0 aromatic heterocycles. The van der Waals surface area contributed by atoms with Gasteiger partial charge in [-0.15, -0.1) is 0 Å². The molecule has 0 N–H and O–H groups in total. The average Bonchev–Trinajstić information content (AvgIpc) is 2.77. The molecule has 0 radical (unpaired) electrons. The third kappa shape index (κ3) is 5.22. The first kappa shape index (κ1) is 23.0. The maximum atomic E-state index is 12.9. The first-order valence-electron chi connectivity index (χ1n) is 11.8. The molecule has 0 saturated carbocycles. The van der Waals surface area contributed by atoms with Gasteiger partial charge in [-0.3, -0.25) is 9.69 Å². The van der Waals surface area contributed by atoms with Crippen LogP contribution in [0.1, 0.15) is 56.6 Å². The van der Waals surface area contributed by atoms with E-state index in [9.17, 15) is 4.79 Å². The lowest BCUT2D eigenvalue weighted by Gasteiger charge is -2.39. The molecule has 2 heterocycles. The third-order valence-electron chi connectivity index (χ3n) is 6.56. The van der Waals surface area contributed by atoms with Gasteiger partial charge in [0.1, 0.15) is 0 Å². The van der Waals surface area contributed by atoms with Gasteiger partial charge in [0, 0.05) is 37.8 Å². The van der Waals surface area contributed by atoms with Gasteiger partial charge in [-0.05, 0) is 63.4 Å². The van der Waals surface area contributed by atoms with Crippen LogP contribution in [0, 0.1) is 0 Å². The molecule has 4 rings (SSSR count). The highest BCUT2D eigenvalue weighted by atomic mass is 16.5. The highest BCUT2D eigenvalue weighted by Crippen LogP contribution is 2.27. The van der Waals surface area contributed by atoms with Crippen molar-refractivity contribution in [1.82, 2.24) is 9.80 Å². The van der Waals surface area contributed by atoms with E-state index in [-0.39, 0.29) is 30.3 Å². The summed E-state index contributed by atoms with van der Waals surface area (Å²) in [4.78, 5) is 17.3. The first-order valence-corrected chi connectivity index (χ1v) is 11.8. The van der Waals surface area contributed by atoms with Crippen molar-refractivity contribution >= 4 is 5.91 Å². The second-order valence-electron chi connectivity index (χ2n) is 9.55. The molecule has 32 heavy (non-hydrogen) atoms. The van der Waals surface area contributed by atoms with E-state index in [2.05, 4.69) is 49.9 Å². The Kier molecular flexibility index (Phi) is 6.99. The number of benzene rings is 2. The summed E-state index contributed by atoms with van der Waals surface area (Å²) < 4.78 is 11.6. The molecule has 2 fully saturated rings. The Morgan fingerprint density at radius 3 is 1.69 bits per heavy atom. The van der Waals surface area contributed by atoms with Crippen molar-refractivity contribution in [2.45, 2.75) is 65.1 Å². The van der Waals surface area contributed by atoms with E-state index in [0.29, 0.717) is 19.1 Å². The fraction of sp³-hybridized carbons (Fsp3) is 0.519. The Labute approximate surface area is 192 Å². The lowest BCUT2D eigenvalue weighted by Crippen LogP contribution is -2.48. The Morgan fingerprint density at radius 2 is 1.19 bits per heavy atom. The minimum atomic E-state index is 0.0757. The number of rotatable bonds is 4. The molecule has 0 aliphatic carbocycles. The Balaban J connectivity index is 1.42. The van der Waals surface area contributed by atoms with Gasteiger partial charge >= 0.3 is 0 Å². The number of morpholine rings is 2. The van der Waals surface area contributed by atoms with Crippen LogP contribution >= 0.6 is 0 Å². The molecule has 2 aliphatic heterocycles. The molecular formula is C27H36N2O3. The van der Waals surface area contributed by atoms with Crippen LogP contribution < -0.4 is 0 Å². The second kappa shape index (κ2) is 9.74. The number of amides is 1. The maximum absolute atomic E-state index is 12.9. The fourth-order valence-electron chi connectivity index (χ4n) is 5.03. The quantitative estimate of drug-likeness (QED) is 0.692. The fourth-order valence-corrected chi connectivity index (χ4v) is 5.03. The van der Waals surface area contributed by atoms with Crippen molar-refractivity contribution in [2.24, 2.45) is 0 Å². The number of carbonyl (C=O) groups is 1. The summed E-state index contributed by atoms with van der Waals surface area (Å²) in [5, 5.41) is 0. The molecule has 0 bridgehead atoms. The monoisotopic (exact) mass is 436 g/mol. The minimum Gasteiger partial charge on any atom is -0.373 e. The molecule has 5 atom stereocenters. The van der Waals surface area contributed by atoms with Crippen LogP contribution in [0.5, 0.6) is 0 Å². The lowest BCUT2D eigenvalue weighted by atomic mass is 9.99. The predicted octanol–water partition coefficient (Wildman–Crippen LogP) is 4.77. The topological polar surface area (TPSA) is 42.0 Å². The summed E-state index contributed by atoms with van der Waals surface area (Å²) in [6, 6.07) is 17.1. The second-order valence-corrected chi connectivity index (χ2v) is 9.55. The Morgan fingerprint density at radius 1 is 0.750 bits per heavy atom. The number of hydrogen-bond acceptors (Lipinski definition) is 4. The van der Waals surface area contributed by atoms with Crippen LogP contribution in [0.15, 0.2) is 48.5 Å². The zero-order valence-corrected chi connectivity index (χ0v) is 20.0. The van der Waals surface area contributed by atoms with Gasteiger partial charge in [0.15, 0.2) is 0 Å². The Hall–Kier alpha value is -2.21. The van der Waals surface area contributed by atoms with Crippen molar-refractivity contribution in [2.75, 3.05) is 26.2 Å². The SMILES string of the molecule is CC1CN(C(=O)c2ccc(-c3ccc(C(C)N4CC(C)OC(C)C4)cc3)cc2)CC(C)O1. The molecule has 2 aliphatic rings. The van der Waals surface area contributed by atoms with Crippen LogP contribution in [0.4, 0.5) is 0 Å². The normalized spacial score (nSPS) is 27.8. The van der Waals surface area contributed by atoms with Gasteiger partial charge in [-0.1, -0.05) is 36.4 Å². The van der Waals surface area contributed by atoms with Crippen molar-refractivity contribution in [1.29, 1.82) is 0 Å². The van der Waals surface area contributed by atoms with Gasteiger partial charge in [-0.25, -0.2) is 0 Å². The van der Waals surface area contributed by atoms with E-state index in [0.717, 1.165) is 29.8 Å². The van der Waals surface area contributed by atoms with Crippen LogP contribution in [0.25, 0.3) is 11.1 Å². The molecule has 5 heteroatoms. The summed E-state index contributed by atoms with van der Waals surface area (Å²) in [5.74, 6) is 0.0803. The number of ether oxygens (including phenoxy) is 2. The summed E-state index contributed by atoms with van der Waals surface area (Å²) in [6.45, 7) is 13.8. The van der Waals surface area contributed by atoms with Crippen molar-refractivity contribution in [3.8, 4) is 11.1 Å². The number of nitrogens with zero attached hydrogens (tertiary/aromatic N) is 2. The van der Waals surface area contributed by atoms with Crippen LogP contribution in [0.2, 0.25) is 0 Å². The largest absolute Gasteiger partial charge is 0.373 e. The molecular weight excluding hydrogens is 400 g/mol. The van der Waals surface area contributed by atoms with Gasteiger partial charge in [-0.2, -0.15) is 0 Å². The molecule has 2 aromatic rings. The van der Waals surface area contributed by atoms with Crippen molar-refractivity contribution < 1.29 is 14.3 Å². The zero-order chi connectivity index (χ0) is 22.8. The van der Waals surface area contributed by atoms with E-state index in [1.165, 1.54) is 5.56 Å². The van der Waals surface area contributed by atoms with Crippen LogP contribution in [0.3, 0.4) is 0 Å². The van der Waals surface area contributed by atoms with Gasteiger partial charge in [0.2, 0.25) is 0 Å². The molecule has 5 nitrogen and oxygen atoms in total. The lowest BCUT2D eigenvalue weighted by molar-refractivity contribution is -0.0789. The van der Waals surface area contributed by atoms with Crippen molar-refractivity contribution in [3.63, 3.8) is 0 Å². The smallest absolute Gasteiger partial charge is 0.254 e. The Bertz CT molecular complexity index is 892. The first-order chi connectivity index (χ1) is 15.3. The molecule has 5 unspecified atom stereocenters. The summed E-state index contributed by atoms with van der Waals surface area (Å²) in [6.07, 6.45) is 0.690. The van der Waals surface area contributed by atoms with E-state index in [4.69, 9.17) is 9.47 Å². The highest BCUT2D eigenvalue weighted by molar-refractivity contribution is 5.94. The van der Waals surface area contributed by atoms with Gasteiger partial charge in [0.05, 0.1) is 24.4 Å². The predicted molar refractivity (Wildman–Crippen MR) is 128 cm³/mol. The maximum Gasteiger partial charge on any atom is 0.254 e. The van der Waals surface area contributed by atoms with E-state index >= 15 is 0 Å². The average molecular weight is 437 g/mol. The molecule has 1 amide bonds. The molecule has 172 valence electrons.